The van der Waals surface area contributed by atoms with Crippen molar-refractivity contribution in [2.24, 2.45) is 5.92 Å². The first-order valence-electron chi connectivity index (χ1n) is 11.9. The Labute approximate surface area is 198 Å². The van der Waals surface area contributed by atoms with Crippen molar-refractivity contribution in [3.63, 3.8) is 0 Å². The quantitative estimate of drug-likeness (QED) is 0.560. The Morgan fingerprint density at radius 3 is 2.53 bits per heavy atom. The number of hydrogen-bond acceptors (Lipinski definition) is 4. The summed E-state index contributed by atoms with van der Waals surface area (Å²) >= 11 is 0. The van der Waals surface area contributed by atoms with E-state index in [9.17, 15) is 13.6 Å². The fourth-order valence-corrected chi connectivity index (χ4v) is 4.74. The topological polar surface area (TPSA) is 58.1 Å². The summed E-state index contributed by atoms with van der Waals surface area (Å²) in [5.41, 5.74) is 2.15. The third-order valence-electron chi connectivity index (χ3n) is 7.07. The average Bonchev–Trinajstić information content (AvgIpc) is 3.66. The van der Waals surface area contributed by atoms with Gasteiger partial charge in [-0.3, -0.25) is 4.79 Å². The first-order valence-corrected chi connectivity index (χ1v) is 11.9. The minimum absolute atomic E-state index is 0.0471. The summed E-state index contributed by atoms with van der Waals surface area (Å²) in [5.74, 6) is -0.351. The first-order chi connectivity index (χ1) is 16.5. The lowest BCUT2D eigenvalue weighted by Crippen LogP contribution is -2.35. The van der Waals surface area contributed by atoms with Gasteiger partial charge in [-0.25, -0.2) is 18.7 Å². The molecule has 1 aliphatic carbocycles. The molecule has 0 unspecified atom stereocenters. The lowest BCUT2D eigenvalue weighted by molar-refractivity contribution is 0.0948. The van der Waals surface area contributed by atoms with Crippen molar-refractivity contribution in [1.82, 2.24) is 15.3 Å². The van der Waals surface area contributed by atoms with Crippen LogP contribution in [0.4, 0.5) is 14.7 Å². The van der Waals surface area contributed by atoms with Gasteiger partial charge in [-0.05, 0) is 43.2 Å². The smallest absolute Gasteiger partial charge is 0.255 e. The van der Waals surface area contributed by atoms with Crippen molar-refractivity contribution in [3.8, 4) is 0 Å². The van der Waals surface area contributed by atoms with Crippen molar-refractivity contribution in [1.29, 1.82) is 0 Å². The third kappa shape index (κ3) is 4.39. The van der Waals surface area contributed by atoms with Gasteiger partial charge in [0.2, 0.25) is 5.95 Å². The fourth-order valence-electron chi connectivity index (χ4n) is 4.74. The van der Waals surface area contributed by atoms with Crippen molar-refractivity contribution < 1.29 is 13.6 Å². The standard InChI is InChI=1S/C27H28F2N4O/c1-18-9-13-33(14-10-18)26-31-17-22(25(34)30-16-19-7-8-21(28)15-23(19)29)24(32-26)27(11-12-27)20-5-3-2-4-6-20/h2-8,15,17-18H,9-14,16H2,1H3,(H,30,34). The lowest BCUT2D eigenvalue weighted by atomic mass is 9.89. The van der Waals surface area contributed by atoms with Gasteiger partial charge in [0.15, 0.2) is 0 Å². The number of carbonyl (C=O) groups excluding carboxylic acids is 1. The van der Waals surface area contributed by atoms with Crippen LogP contribution in [0.5, 0.6) is 0 Å². The van der Waals surface area contributed by atoms with E-state index in [0.29, 0.717) is 17.4 Å². The number of rotatable bonds is 6. The summed E-state index contributed by atoms with van der Waals surface area (Å²) < 4.78 is 27.3. The number of aromatic nitrogens is 2. The van der Waals surface area contributed by atoms with Crippen LogP contribution in [-0.2, 0) is 12.0 Å². The minimum Gasteiger partial charge on any atom is -0.348 e. The molecule has 0 atom stereocenters. The second kappa shape index (κ2) is 9.12. The van der Waals surface area contributed by atoms with Gasteiger partial charge in [0, 0.05) is 42.9 Å². The molecule has 5 nitrogen and oxygen atoms in total. The fraction of sp³-hybridized carbons (Fsp3) is 0.370. The van der Waals surface area contributed by atoms with Crippen LogP contribution in [-0.4, -0.2) is 29.0 Å². The lowest BCUT2D eigenvalue weighted by Gasteiger charge is -2.31. The maximum absolute atomic E-state index is 14.1. The van der Waals surface area contributed by atoms with E-state index in [2.05, 4.69) is 34.3 Å². The molecule has 0 bridgehead atoms. The SMILES string of the molecule is CC1CCN(c2ncc(C(=O)NCc3ccc(F)cc3F)c(C3(c4ccccc4)CC3)n2)CC1. The summed E-state index contributed by atoms with van der Waals surface area (Å²) in [5, 5.41) is 2.78. The number of nitrogens with one attached hydrogen (secondary N) is 1. The molecule has 1 aliphatic heterocycles. The van der Waals surface area contributed by atoms with Crippen LogP contribution >= 0.6 is 0 Å². The Morgan fingerprint density at radius 1 is 1.12 bits per heavy atom. The van der Waals surface area contributed by atoms with Crippen LogP contribution in [0, 0.1) is 17.6 Å². The van der Waals surface area contributed by atoms with Gasteiger partial charge in [0.1, 0.15) is 11.6 Å². The third-order valence-corrected chi connectivity index (χ3v) is 7.07. The molecule has 1 aromatic heterocycles. The van der Waals surface area contributed by atoms with E-state index in [1.165, 1.54) is 12.1 Å². The number of piperidine rings is 1. The Kier molecular flexibility index (Phi) is 6.02. The van der Waals surface area contributed by atoms with Crippen LogP contribution in [0.1, 0.15) is 59.8 Å². The molecule has 2 aliphatic rings. The number of hydrogen-bond donors (Lipinski definition) is 1. The van der Waals surface area contributed by atoms with Gasteiger partial charge < -0.3 is 10.2 Å². The van der Waals surface area contributed by atoms with Crippen molar-refractivity contribution in [2.45, 2.75) is 44.6 Å². The number of nitrogens with zero attached hydrogens (tertiary/aromatic N) is 3. The van der Waals surface area contributed by atoms with Gasteiger partial charge in [0.25, 0.3) is 5.91 Å². The minimum atomic E-state index is -0.686. The Balaban J connectivity index is 1.47. The number of halogens is 2. The van der Waals surface area contributed by atoms with Crippen molar-refractivity contribution in [2.75, 3.05) is 18.0 Å². The summed E-state index contributed by atoms with van der Waals surface area (Å²) in [4.78, 5) is 25.0. The molecule has 2 heterocycles. The second-order valence-corrected chi connectivity index (χ2v) is 9.47. The Hall–Kier alpha value is -3.35. The van der Waals surface area contributed by atoms with E-state index in [4.69, 9.17) is 4.98 Å². The predicted octanol–water partition coefficient (Wildman–Crippen LogP) is 5.00. The summed E-state index contributed by atoms with van der Waals surface area (Å²) in [6.07, 6.45) is 5.59. The molecule has 7 heteroatoms. The van der Waals surface area contributed by atoms with E-state index in [0.717, 1.165) is 56.1 Å². The van der Waals surface area contributed by atoms with E-state index in [-0.39, 0.29) is 23.4 Å². The van der Waals surface area contributed by atoms with Crippen molar-refractivity contribution in [3.05, 3.63) is 88.7 Å². The number of carbonyl (C=O) groups is 1. The molecule has 3 aromatic rings. The summed E-state index contributed by atoms with van der Waals surface area (Å²) in [6, 6.07) is 13.5. The monoisotopic (exact) mass is 462 g/mol. The highest BCUT2D eigenvalue weighted by Gasteiger charge is 2.49. The molecule has 1 N–H and O–H groups in total. The van der Waals surface area contributed by atoms with E-state index < -0.39 is 11.6 Å². The number of benzene rings is 2. The zero-order valence-corrected chi connectivity index (χ0v) is 19.2. The zero-order valence-electron chi connectivity index (χ0n) is 19.2. The molecular formula is C27H28F2N4O. The van der Waals surface area contributed by atoms with E-state index >= 15 is 0 Å². The largest absolute Gasteiger partial charge is 0.348 e. The van der Waals surface area contributed by atoms with Gasteiger partial charge in [-0.1, -0.05) is 43.3 Å². The van der Waals surface area contributed by atoms with Gasteiger partial charge in [-0.15, -0.1) is 0 Å². The van der Waals surface area contributed by atoms with Gasteiger partial charge >= 0.3 is 0 Å². The predicted molar refractivity (Wildman–Crippen MR) is 127 cm³/mol. The van der Waals surface area contributed by atoms with Crippen LogP contribution in [0.25, 0.3) is 0 Å². The van der Waals surface area contributed by atoms with Crippen LogP contribution in [0.2, 0.25) is 0 Å². The normalized spacial score (nSPS) is 17.4. The maximum atomic E-state index is 14.1. The van der Waals surface area contributed by atoms with Crippen LogP contribution < -0.4 is 10.2 Å². The summed E-state index contributed by atoms with van der Waals surface area (Å²) in [7, 11) is 0. The van der Waals surface area contributed by atoms with Gasteiger partial charge in [-0.2, -0.15) is 0 Å². The number of amides is 1. The Bertz CT molecular complexity index is 1190. The maximum Gasteiger partial charge on any atom is 0.255 e. The van der Waals surface area contributed by atoms with E-state index in [1.54, 1.807) is 6.20 Å². The van der Waals surface area contributed by atoms with Crippen molar-refractivity contribution >= 4 is 11.9 Å². The van der Waals surface area contributed by atoms with Crippen LogP contribution in [0.3, 0.4) is 0 Å². The first kappa shape index (κ1) is 22.4. The average molecular weight is 463 g/mol. The molecule has 0 spiro atoms. The van der Waals surface area contributed by atoms with Crippen LogP contribution in [0.15, 0.2) is 54.7 Å². The molecule has 1 amide bonds. The molecule has 1 saturated heterocycles. The molecule has 34 heavy (non-hydrogen) atoms. The summed E-state index contributed by atoms with van der Waals surface area (Å²) in [6.45, 7) is 4.01. The molecule has 176 valence electrons. The molecule has 2 fully saturated rings. The molecule has 1 saturated carbocycles. The molecule has 2 aromatic carbocycles. The highest BCUT2D eigenvalue weighted by atomic mass is 19.1. The van der Waals surface area contributed by atoms with Gasteiger partial charge in [0.05, 0.1) is 11.3 Å². The zero-order chi connectivity index (χ0) is 23.7. The molecular weight excluding hydrogens is 434 g/mol. The second-order valence-electron chi connectivity index (χ2n) is 9.47. The Morgan fingerprint density at radius 2 is 1.85 bits per heavy atom. The highest BCUT2D eigenvalue weighted by Crippen LogP contribution is 2.53. The highest BCUT2D eigenvalue weighted by molar-refractivity contribution is 5.95. The number of anilines is 1. The van der Waals surface area contributed by atoms with E-state index in [1.807, 2.05) is 18.2 Å². The molecule has 5 rings (SSSR count). The molecule has 0 radical (unpaired) electrons.